The Kier molecular flexibility index (Phi) is 2.92. The maximum atomic E-state index is 9.33. The zero-order valence-electron chi connectivity index (χ0n) is 10.7. The summed E-state index contributed by atoms with van der Waals surface area (Å²) in [6.07, 6.45) is 3.32. The van der Waals surface area contributed by atoms with E-state index in [2.05, 4.69) is 29.3 Å². The van der Waals surface area contributed by atoms with Gasteiger partial charge in [-0.3, -0.25) is 0 Å². The lowest BCUT2D eigenvalue weighted by molar-refractivity contribution is 0.415. The van der Waals surface area contributed by atoms with Gasteiger partial charge in [-0.2, -0.15) is 5.26 Å². The van der Waals surface area contributed by atoms with Gasteiger partial charge in [-0.25, -0.2) is 4.98 Å². The van der Waals surface area contributed by atoms with Crippen molar-refractivity contribution in [2.75, 3.05) is 24.5 Å². The molecule has 1 aliphatic heterocycles. The Balaban J connectivity index is 2.01. The first kappa shape index (κ1) is 11.5. The number of hydrogen-bond donors (Lipinski definition) is 1. The fraction of sp³-hybridized carbons (Fsp3) is 0.571. The minimum absolute atomic E-state index is 0.494. The van der Waals surface area contributed by atoms with E-state index in [4.69, 9.17) is 4.98 Å². The summed E-state index contributed by atoms with van der Waals surface area (Å²) in [6, 6.07) is 4.87. The van der Waals surface area contributed by atoms with Crippen molar-refractivity contribution < 1.29 is 0 Å². The number of nitrogens with one attached hydrogen (secondary N) is 1. The van der Waals surface area contributed by atoms with Gasteiger partial charge in [-0.1, -0.05) is 0 Å². The Morgan fingerprint density at radius 1 is 1.50 bits per heavy atom. The molecule has 1 aliphatic carbocycles. The zero-order valence-corrected chi connectivity index (χ0v) is 10.7. The minimum atomic E-state index is 0.494. The van der Waals surface area contributed by atoms with Crippen LogP contribution in [0.4, 0.5) is 5.82 Å². The third-order valence-electron chi connectivity index (χ3n) is 3.96. The highest BCUT2D eigenvalue weighted by molar-refractivity contribution is 5.57. The van der Waals surface area contributed by atoms with E-state index < -0.39 is 0 Å². The van der Waals surface area contributed by atoms with Crippen molar-refractivity contribution in [2.45, 2.75) is 32.2 Å². The smallest absolute Gasteiger partial charge is 0.147 e. The van der Waals surface area contributed by atoms with E-state index in [1.165, 1.54) is 17.7 Å². The van der Waals surface area contributed by atoms with Crippen LogP contribution in [0.25, 0.3) is 0 Å². The van der Waals surface area contributed by atoms with Crippen LogP contribution in [0.2, 0.25) is 0 Å². The summed E-state index contributed by atoms with van der Waals surface area (Å²) in [5.74, 6) is 0.896. The van der Waals surface area contributed by atoms with E-state index in [1.54, 1.807) is 0 Å². The van der Waals surface area contributed by atoms with Crippen molar-refractivity contribution >= 4 is 5.82 Å². The predicted octanol–water partition coefficient (Wildman–Crippen LogP) is 1.24. The predicted molar refractivity (Wildman–Crippen MR) is 70.7 cm³/mol. The maximum Gasteiger partial charge on any atom is 0.147 e. The molecule has 2 aliphatic rings. The fourth-order valence-corrected chi connectivity index (χ4v) is 2.84. The van der Waals surface area contributed by atoms with Crippen LogP contribution in [0, 0.1) is 11.3 Å². The standard InChI is InChI=1S/C14H18N4/c1-2-18(12-8-16-9-12)14-11(7-15)6-10-4-3-5-13(10)17-14/h6,12,16H,2-5,8-9H2,1H3. The van der Waals surface area contributed by atoms with Crippen LogP contribution in [0.15, 0.2) is 6.07 Å². The number of aromatic nitrogens is 1. The molecule has 0 unspecified atom stereocenters. The zero-order chi connectivity index (χ0) is 12.5. The first-order valence-corrected chi connectivity index (χ1v) is 6.73. The molecule has 18 heavy (non-hydrogen) atoms. The lowest BCUT2D eigenvalue weighted by Crippen LogP contribution is -2.57. The van der Waals surface area contributed by atoms with Crippen LogP contribution in [-0.2, 0) is 12.8 Å². The molecule has 1 fully saturated rings. The Hall–Kier alpha value is -1.60. The van der Waals surface area contributed by atoms with E-state index in [0.29, 0.717) is 6.04 Å². The molecule has 1 aromatic heterocycles. The number of nitrogens with zero attached hydrogens (tertiary/aromatic N) is 3. The highest BCUT2D eigenvalue weighted by Crippen LogP contribution is 2.28. The van der Waals surface area contributed by atoms with E-state index in [9.17, 15) is 5.26 Å². The number of anilines is 1. The maximum absolute atomic E-state index is 9.33. The summed E-state index contributed by atoms with van der Waals surface area (Å²) in [5.41, 5.74) is 3.22. The molecule has 94 valence electrons. The summed E-state index contributed by atoms with van der Waals surface area (Å²) in [6.45, 7) is 5.04. The van der Waals surface area contributed by atoms with Gasteiger partial charge in [0.1, 0.15) is 11.9 Å². The van der Waals surface area contributed by atoms with Gasteiger partial charge in [0.2, 0.25) is 0 Å². The summed E-state index contributed by atoms with van der Waals surface area (Å²) in [4.78, 5) is 7.05. The normalized spacial score (nSPS) is 18.0. The molecule has 4 nitrogen and oxygen atoms in total. The van der Waals surface area contributed by atoms with E-state index in [0.717, 1.165) is 43.9 Å². The van der Waals surface area contributed by atoms with Gasteiger partial charge in [0, 0.05) is 25.3 Å². The Bertz CT molecular complexity index is 499. The molecule has 0 radical (unpaired) electrons. The molecule has 4 heteroatoms. The third kappa shape index (κ3) is 1.75. The van der Waals surface area contributed by atoms with Crippen LogP contribution < -0.4 is 10.2 Å². The Labute approximate surface area is 108 Å². The monoisotopic (exact) mass is 242 g/mol. The first-order valence-electron chi connectivity index (χ1n) is 6.73. The van der Waals surface area contributed by atoms with E-state index in [1.807, 2.05) is 0 Å². The molecule has 0 spiro atoms. The highest BCUT2D eigenvalue weighted by Gasteiger charge is 2.27. The van der Waals surface area contributed by atoms with Crippen molar-refractivity contribution in [3.8, 4) is 6.07 Å². The molecule has 0 amide bonds. The average Bonchev–Trinajstić information content (AvgIpc) is 2.78. The summed E-state index contributed by atoms with van der Waals surface area (Å²) < 4.78 is 0. The summed E-state index contributed by atoms with van der Waals surface area (Å²) in [7, 11) is 0. The van der Waals surface area contributed by atoms with Crippen molar-refractivity contribution in [3.63, 3.8) is 0 Å². The number of pyridine rings is 1. The van der Waals surface area contributed by atoms with Crippen molar-refractivity contribution in [1.29, 1.82) is 5.26 Å². The highest BCUT2D eigenvalue weighted by atomic mass is 15.3. The van der Waals surface area contributed by atoms with Gasteiger partial charge in [0.05, 0.1) is 11.6 Å². The molecule has 0 saturated carbocycles. The molecule has 0 bridgehead atoms. The second-order valence-electron chi connectivity index (χ2n) is 5.03. The molecule has 0 atom stereocenters. The van der Waals surface area contributed by atoms with Gasteiger partial charge >= 0.3 is 0 Å². The lowest BCUT2D eigenvalue weighted by atomic mass is 10.1. The van der Waals surface area contributed by atoms with Crippen LogP contribution in [0.3, 0.4) is 0 Å². The SMILES string of the molecule is CCN(c1nc2c(cc1C#N)CCC2)C1CNC1. The Morgan fingerprint density at radius 2 is 2.33 bits per heavy atom. The number of hydrogen-bond acceptors (Lipinski definition) is 4. The first-order chi connectivity index (χ1) is 8.83. The topological polar surface area (TPSA) is 52.0 Å². The van der Waals surface area contributed by atoms with Crippen LogP contribution in [-0.4, -0.2) is 30.7 Å². The number of fused-ring (bicyclic) bond motifs is 1. The summed E-state index contributed by atoms with van der Waals surface area (Å²) in [5, 5.41) is 12.6. The average molecular weight is 242 g/mol. The largest absolute Gasteiger partial charge is 0.350 e. The van der Waals surface area contributed by atoms with Crippen molar-refractivity contribution in [1.82, 2.24) is 10.3 Å². The molecular formula is C14H18N4. The molecule has 1 saturated heterocycles. The second kappa shape index (κ2) is 4.58. The third-order valence-corrected chi connectivity index (χ3v) is 3.96. The fourth-order valence-electron chi connectivity index (χ4n) is 2.84. The molecule has 0 aromatic carbocycles. The number of likely N-dealkylation sites (N-methyl/N-ethyl adjacent to an activating group) is 1. The van der Waals surface area contributed by atoms with Gasteiger partial charge in [-0.15, -0.1) is 0 Å². The van der Waals surface area contributed by atoms with Gasteiger partial charge in [-0.05, 0) is 37.8 Å². The number of aryl methyl sites for hydroxylation is 2. The Morgan fingerprint density at radius 3 is 2.94 bits per heavy atom. The molecule has 3 rings (SSSR count). The van der Waals surface area contributed by atoms with Crippen molar-refractivity contribution in [3.05, 3.63) is 22.9 Å². The molecular weight excluding hydrogens is 224 g/mol. The van der Waals surface area contributed by atoms with Crippen LogP contribution in [0.1, 0.15) is 30.2 Å². The number of rotatable bonds is 3. The van der Waals surface area contributed by atoms with Crippen LogP contribution >= 0.6 is 0 Å². The van der Waals surface area contributed by atoms with E-state index in [-0.39, 0.29) is 0 Å². The lowest BCUT2D eigenvalue weighted by Gasteiger charge is -2.39. The quantitative estimate of drug-likeness (QED) is 0.866. The summed E-state index contributed by atoms with van der Waals surface area (Å²) >= 11 is 0. The van der Waals surface area contributed by atoms with Crippen molar-refractivity contribution in [2.24, 2.45) is 0 Å². The van der Waals surface area contributed by atoms with Gasteiger partial charge in [0.15, 0.2) is 0 Å². The molecule has 2 heterocycles. The second-order valence-corrected chi connectivity index (χ2v) is 5.03. The number of nitriles is 1. The van der Waals surface area contributed by atoms with E-state index >= 15 is 0 Å². The molecule has 1 N–H and O–H groups in total. The van der Waals surface area contributed by atoms with Crippen LogP contribution in [0.5, 0.6) is 0 Å². The van der Waals surface area contributed by atoms with Gasteiger partial charge < -0.3 is 10.2 Å². The minimum Gasteiger partial charge on any atom is -0.350 e. The van der Waals surface area contributed by atoms with Gasteiger partial charge in [0.25, 0.3) is 0 Å². The molecule has 1 aromatic rings.